The van der Waals surface area contributed by atoms with E-state index in [1.54, 1.807) is 14.0 Å². The topological polar surface area (TPSA) is 88.4 Å². The van der Waals surface area contributed by atoms with E-state index in [-0.39, 0.29) is 12.7 Å². The molecule has 0 aliphatic carbocycles. The van der Waals surface area contributed by atoms with Crippen LogP contribution in [-0.2, 0) is 14.2 Å². The fraction of sp³-hybridized carbons (Fsp3) is 1.00. The number of ether oxygens (including phenoxy) is 3. The Kier molecular flexibility index (Phi) is 16.5. The minimum atomic E-state index is -0.739. The van der Waals surface area contributed by atoms with Crippen molar-refractivity contribution in [2.24, 2.45) is 0 Å². The van der Waals surface area contributed by atoms with Gasteiger partial charge in [0.2, 0.25) is 0 Å². The van der Waals surface area contributed by atoms with E-state index in [0.29, 0.717) is 26.1 Å². The minimum Gasteiger partial charge on any atom is -0.394 e. The van der Waals surface area contributed by atoms with Crippen LogP contribution in [0, 0.1) is 0 Å². The second kappa shape index (κ2) is 14.8. The zero-order chi connectivity index (χ0) is 14.4. The van der Waals surface area contributed by atoms with Gasteiger partial charge in [-0.1, -0.05) is 13.8 Å². The molecule has 6 heteroatoms. The summed E-state index contributed by atoms with van der Waals surface area (Å²) in [6.45, 7) is 6.32. The van der Waals surface area contributed by atoms with Gasteiger partial charge in [-0.2, -0.15) is 0 Å². The highest BCUT2D eigenvalue weighted by molar-refractivity contribution is 4.49. The van der Waals surface area contributed by atoms with E-state index >= 15 is 0 Å². The highest BCUT2D eigenvalue weighted by Gasteiger charge is 2.10. The SMILES string of the molecule is CCC(O)OCC(C)OC(O)CC.COCCO. The van der Waals surface area contributed by atoms with Crippen LogP contribution in [0.15, 0.2) is 0 Å². The smallest absolute Gasteiger partial charge is 0.154 e. The maximum Gasteiger partial charge on any atom is 0.154 e. The average Bonchev–Trinajstić information content (AvgIpc) is 2.37. The molecule has 3 N–H and O–H groups in total. The van der Waals surface area contributed by atoms with Crippen molar-refractivity contribution >= 4 is 0 Å². The number of hydrogen-bond acceptors (Lipinski definition) is 6. The molecule has 0 heterocycles. The molecule has 6 nitrogen and oxygen atoms in total. The highest BCUT2D eigenvalue weighted by Crippen LogP contribution is 2.02. The second-order valence-electron chi connectivity index (χ2n) is 3.72. The number of aliphatic hydroxyl groups is 3. The molecule has 0 saturated carbocycles. The molecule has 0 aromatic heterocycles. The van der Waals surface area contributed by atoms with Gasteiger partial charge in [0.25, 0.3) is 0 Å². The van der Waals surface area contributed by atoms with Gasteiger partial charge in [0.15, 0.2) is 12.6 Å². The maximum atomic E-state index is 9.11. The molecule has 0 saturated heterocycles. The van der Waals surface area contributed by atoms with Gasteiger partial charge in [-0.25, -0.2) is 0 Å². The van der Waals surface area contributed by atoms with E-state index in [1.807, 2.05) is 13.8 Å². The van der Waals surface area contributed by atoms with Gasteiger partial charge in [0.1, 0.15) is 0 Å². The summed E-state index contributed by atoms with van der Waals surface area (Å²) in [7, 11) is 1.55. The molecule has 0 radical (unpaired) electrons. The molecule has 112 valence electrons. The summed E-state index contributed by atoms with van der Waals surface area (Å²) in [5.41, 5.74) is 0. The summed E-state index contributed by atoms with van der Waals surface area (Å²) in [6, 6.07) is 0. The summed E-state index contributed by atoms with van der Waals surface area (Å²) in [5, 5.41) is 26.1. The van der Waals surface area contributed by atoms with E-state index in [4.69, 9.17) is 24.8 Å². The Hall–Kier alpha value is -0.240. The third-order valence-electron chi connectivity index (χ3n) is 1.91. The fourth-order valence-corrected chi connectivity index (χ4v) is 0.859. The molecule has 0 aliphatic rings. The Morgan fingerprint density at radius 3 is 1.94 bits per heavy atom. The maximum absolute atomic E-state index is 9.11. The summed E-state index contributed by atoms with van der Waals surface area (Å²) < 4.78 is 14.6. The van der Waals surface area contributed by atoms with Crippen LogP contribution in [0.4, 0.5) is 0 Å². The Bertz CT molecular complexity index is 154. The number of aliphatic hydroxyl groups excluding tert-OH is 3. The minimum absolute atomic E-state index is 0.122. The first kappa shape index (κ1) is 20.1. The summed E-state index contributed by atoms with van der Waals surface area (Å²) in [6.07, 6.45) is -0.553. The summed E-state index contributed by atoms with van der Waals surface area (Å²) >= 11 is 0. The van der Waals surface area contributed by atoms with Gasteiger partial charge in [-0.15, -0.1) is 0 Å². The van der Waals surface area contributed by atoms with Crippen molar-refractivity contribution in [2.75, 3.05) is 26.9 Å². The van der Waals surface area contributed by atoms with E-state index in [0.717, 1.165) is 0 Å². The van der Waals surface area contributed by atoms with Crippen LogP contribution in [0.5, 0.6) is 0 Å². The van der Waals surface area contributed by atoms with Crippen LogP contribution in [0.1, 0.15) is 33.6 Å². The zero-order valence-electron chi connectivity index (χ0n) is 11.8. The summed E-state index contributed by atoms with van der Waals surface area (Å²) in [5.74, 6) is 0. The van der Waals surface area contributed by atoms with Crippen LogP contribution in [0.2, 0.25) is 0 Å². The van der Waals surface area contributed by atoms with Crippen molar-refractivity contribution in [3.05, 3.63) is 0 Å². The van der Waals surface area contributed by atoms with Gasteiger partial charge in [0, 0.05) is 7.11 Å². The van der Waals surface area contributed by atoms with Crippen LogP contribution in [-0.4, -0.2) is 60.9 Å². The number of methoxy groups -OCH3 is 1. The van der Waals surface area contributed by atoms with Gasteiger partial charge < -0.3 is 29.5 Å². The van der Waals surface area contributed by atoms with E-state index in [2.05, 4.69) is 4.74 Å². The zero-order valence-corrected chi connectivity index (χ0v) is 11.8. The monoisotopic (exact) mass is 268 g/mol. The van der Waals surface area contributed by atoms with E-state index in [9.17, 15) is 0 Å². The lowest BCUT2D eigenvalue weighted by molar-refractivity contribution is -0.176. The molecule has 3 unspecified atom stereocenters. The molecule has 18 heavy (non-hydrogen) atoms. The largest absolute Gasteiger partial charge is 0.394 e. The van der Waals surface area contributed by atoms with Gasteiger partial charge in [-0.05, 0) is 19.8 Å². The molecular weight excluding hydrogens is 240 g/mol. The first-order valence-corrected chi connectivity index (χ1v) is 6.24. The lowest BCUT2D eigenvalue weighted by Crippen LogP contribution is -2.25. The molecule has 0 aromatic carbocycles. The lowest BCUT2D eigenvalue weighted by Gasteiger charge is -2.18. The lowest BCUT2D eigenvalue weighted by atomic mass is 10.4. The predicted molar refractivity (Wildman–Crippen MR) is 68.1 cm³/mol. The van der Waals surface area contributed by atoms with Crippen molar-refractivity contribution < 1.29 is 29.5 Å². The molecule has 0 amide bonds. The van der Waals surface area contributed by atoms with Crippen LogP contribution < -0.4 is 0 Å². The third kappa shape index (κ3) is 15.8. The van der Waals surface area contributed by atoms with Crippen molar-refractivity contribution in [3.63, 3.8) is 0 Å². The molecule has 0 spiro atoms. The number of hydrogen-bond donors (Lipinski definition) is 3. The van der Waals surface area contributed by atoms with Crippen molar-refractivity contribution in [2.45, 2.75) is 52.3 Å². The molecule has 0 rings (SSSR count). The first-order chi connectivity index (χ1) is 8.51. The normalized spacial score (nSPS) is 15.5. The Labute approximate surface area is 109 Å². The van der Waals surface area contributed by atoms with Crippen molar-refractivity contribution in [1.82, 2.24) is 0 Å². The van der Waals surface area contributed by atoms with Gasteiger partial charge in [-0.3, -0.25) is 0 Å². The fourth-order valence-electron chi connectivity index (χ4n) is 0.859. The van der Waals surface area contributed by atoms with Gasteiger partial charge >= 0.3 is 0 Å². The predicted octanol–water partition coefficient (Wildman–Crippen LogP) is 0.490. The number of rotatable bonds is 9. The quantitative estimate of drug-likeness (QED) is 0.527. The molecule has 3 atom stereocenters. The van der Waals surface area contributed by atoms with Crippen molar-refractivity contribution in [3.8, 4) is 0 Å². The molecule has 0 bridgehead atoms. The third-order valence-corrected chi connectivity index (χ3v) is 1.91. The van der Waals surface area contributed by atoms with E-state index in [1.165, 1.54) is 0 Å². The Morgan fingerprint density at radius 2 is 1.61 bits per heavy atom. The van der Waals surface area contributed by atoms with Gasteiger partial charge in [0.05, 0.1) is 25.9 Å². The highest BCUT2D eigenvalue weighted by atomic mass is 16.6. The summed E-state index contributed by atoms with van der Waals surface area (Å²) in [4.78, 5) is 0. The molecular formula is C12H28O6. The molecule has 0 fully saturated rings. The molecule has 0 aromatic rings. The van der Waals surface area contributed by atoms with Crippen LogP contribution >= 0.6 is 0 Å². The standard InChI is InChI=1S/C9H20O4.C3H8O2/c1-4-8(10)12-6-7(3)13-9(11)5-2;1-5-3-2-4/h7-11H,4-6H2,1-3H3;4H,2-3H2,1H3. The second-order valence-corrected chi connectivity index (χ2v) is 3.72. The van der Waals surface area contributed by atoms with Crippen LogP contribution in [0.25, 0.3) is 0 Å². The van der Waals surface area contributed by atoms with Crippen molar-refractivity contribution in [1.29, 1.82) is 0 Å². The van der Waals surface area contributed by atoms with E-state index < -0.39 is 12.6 Å². The molecule has 0 aliphatic heterocycles. The average molecular weight is 268 g/mol. The Balaban J connectivity index is 0. The first-order valence-electron chi connectivity index (χ1n) is 6.24. The Morgan fingerprint density at radius 1 is 1.06 bits per heavy atom. The van der Waals surface area contributed by atoms with Crippen LogP contribution in [0.3, 0.4) is 0 Å².